The molecule has 50 heavy (non-hydrogen) atoms. The van der Waals surface area contributed by atoms with E-state index in [1.807, 2.05) is 38.2 Å². The lowest BCUT2D eigenvalue weighted by Crippen LogP contribution is -2.59. The Bertz CT molecular complexity index is 2220. The molecule has 13 heteroatoms. The maximum absolute atomic E-state index is 13.8. The summed E-state index contributed by atoms with van der Waals surface area (Å²) in [5.74, 6) is 0.822. The van der Waals surface area contributed by atoms with Crippen molar-refractivity contribution in [3.05, 3.63) is 98.8 Å². The highest BCUT2D eigenvalue weighted by atomic mass is 16.5. The van der Waals surface area contributed by atoms with Gasteiger partial charge in [-0.3, -0.25) is 19.1 Å². The predicted octanol–water partition coefficient (Wildman–Crippen LogP) is 3.01. The predicted molar refractivity (Wildman–Crippen MR) is 190 cm³/mol. The molecule has 0 bridgehead atoms. The molecule has 8 rings (SSSR count). The molecule has 2 aliphatic heterocycles. The average Bonchev–Trinajstić information content (AvgIpc) is 3.54. The number of rotatable bonds is 7. The Morgan fingerprint density at radius 2 is 1.88 bits per heavy atom. The Balaban J connectivity index is 1.08. The Hall–Kier alpha value is -4.82. The van der Waals surface area contributed by atoms with E-state index >= 15 is 0 Å². The van der Waals surface area contributed by atoms with Crippen molar-refractivity contribution in [3.8, 4) is 16.9 Å². The van der Waals surface area contributed by atoms with Gasteiger partial charge in [-0.05, 0) is 54.8 Å². The van der Waals surface area contributed by atoms with E-state index in [-0.39, 0.29) is 22.4 Å². The Morgan fingerprint density at radius 3 is 2.58 bits per heavy atom. The molecule has 2 atom stereocenters. The SMILES string of the molecule is C[C@H]1CN(C2COC2)CCN1c1ccc(Nc2cc(-c3ccnc(-n4ccn5c6c(cc5c4=O)CC(C)(C)C6O)c3CO)cn(C)c2=O)nc1. The molecule has 5 aromatic rings. The number of nitrogens with one attached hydrogen (secondary N) is 1. The number of ether oxygens (including phenoxy) is 1. The van der Waals surface area contributed by atoms with Gasteiger partial charge in [0, 0.05) is 74.1 Å². The highest BCUT2D eigenvalue weighted by Gasteiger charge is 2.40. The van der Waals surface area contributed by atoms with Crippen LogP contribution >= 0.6 is 0 Å². The van der Waals surface area contributed by atoms with E-state index in [9.17, 15) is 19.8 Å². The zero-order valence-electron chi connectivity index (χ0n) is 28.7. The molecule has 5 aromatic heterocycles. The molecule has 0 saturated carbocycles. The molecule has 0 radical (unpaired) electrons. The van der Waals surface area contributed by atoms with E-state index in [1.165, 1.54) is 9.13 Å². The van der Waals surface area contributed by atoms with Crippen LogP contribution in [0.25, 0.3) is 22.5 Å². The molecule has 2 saturated heterocycles. The topological polar surface area (TPSA) is 142 Å². The number of fused-ring (bicyclic) bond motifs is 3. The van der Waals surface area contributed by atoms with Crippen LogP contribution < -0.4 is 21.3 Å². The zero-order chi connectivity index (χ0) is 34.9. The molecule has 1 unspecified atom stereocenters. The van der Waals surface area contributed by atoms with Gasteiger partial charge in [-0.25, -0.2) is 9.97 Å². The van der Waals surface area contributed by atoms with Crippen LogP contribution in [0.3, 0.4) is 0 Å². The van der Waals surface area contributed by atoms with Gasteiger partial charge < -0.3 is 34.1 Å². The van der Waals surface area contributed by atoms with Crippen LogP contribution in [0.15, 0.2) is 70.9 Å². The normalized spacial score (nSPS) is 20.6. The average molecular weight is 679 g/mol. The quantitative estimate of drug-likeness (QED) is 0.235. The van der Waals surface area contributed by atoms with Gasteiger partial charge in [0.2, 0.25) is 0 Å². The largest absolute Gasteiger partial charge is 0.392 e. The molecule has 260 valence electrons. The molecule has 3 N–H and O–H groups in total. The van der Waals surface area contributed by atoms with Crippen molar-refractivity contribution in [2.45, 2.75) is 52.0 Å². The van der Waals surface area contributed by atoms with Crippen molar-refractivity contribution in [1.29, 1.82) is 0 Å². The fourth-order valence-corrected chi connectivity index (χ4v) is 7.78. The number of pyridine rings is 3. The molecule has 13 nitrogen and oxygen atoms in total. The summed E-state index contributed by atoms with van der Waals surface area (Å²) < 4.78 is 10.0. The fraction of sp³-hybridized carbons (Fsp3) is 0.405. The van der Waals surface area contributed by atoms with E-state index in [0.717, 1.165) is 49.8 Å². The zero-order valence-corrected chi connectivity index (χ0v) is 28.7. The first-order chi connectivity index (χ1) is 24.0. The smallest absolute Gasteiger partial charge is 0.280 e. The molecule has 2 fully saturated rings. The van der Waals surface area contributed by atoms with Gasteiger partial charge in [-0.2, -0.15) is 0 Å². The first-order valence-corrected chi connectivity index (χ1v) is 17.1. The van der Waals surface area contributed by atoms with Crippen LogP contribution in [0.1, 0.15) is 43.7 Å². The standard InChI is InChI=1S/C37H42N8O5/c1-22-17-42(26-20-50-21-26)9-10-43(22)25-5-6-31(39-16-25)40-29-13-24(18-41(4)35(29)48)27-7-8-38-34(28(27)19-46)45-12-11-44-30(36(45)49)14-23-15-37(2,3)33(47)32(23)44/h5-8,11-14,16,18,22,26,33,46-47H,9-10,15,17,19-21H2,1-4H3,(H,39,40)/t22-,33?/m0/s1. The second-order valence-electron chi connectivity index (χ2n) is 14.5. The van der Waals surface area contributed by atoms with Crippen LogP contribution in [0, 0.1) is 5.41 Å². The minimum absolute atomic E-state index is 0.238. The van der Waals surface area contributed by atoms with E-state index in [0.29, 0.717) is 52.2 Å². The van der Waals surface area contributed by atoms with E-state index in [4.69, 9.17) is 4.74 Å². The molecule has 3 aliphatic rings. The first-order valence-electron chi connectivity index (χ1n) is 17.1. The molecular weight excluding hydrogens is 636 g/mol. The van der Waals surface area contributed by atoms with Gasteiger partial charge >= 0.3 is 0 Å². The summed E-state index contributed by atoms with van der Waals surface area (Å²) in [6, 6.07) is 10.1. The van der Waals surface area contributed by atoms with Crippen molar-refractivity contribution < 1.29 is 14.9 Å². The lowest BCUT2D eigenvalue weighted by molar-refractivity contribution is -0.0691. The van der Waals surface area contributed by atoms with Gasteiger partial charge in [0.15, 0.2) is 0 Å². The number of aliphatic hydroxyl groups is 2. The van der Waals surface area contributed by atoms with Crippen LogP contribution in [0.2, 0.25) is 0 Å². The minimum atomic E-state index is -0.692. The molecule has 7 heterocycles. The molecule has 0 amide bonds. The summed E-state index contributed by atoms with van der Waals surface area (Å²) >= 11 is 0. The van der Waals surface area contributed by atoms with E-state index in [2.05, 4.69) is 32.0 Å². The number of hydrogen-bond donors (Lipinski definition) is 3. The van der Waals surface area contributed by atoms with Gasteiger partial charge in [0.1, 0.15) is 22.8 Å². The van der Waals surface area contributed by atoms with Gasteiger partial charge in [-0.1, -0.05) is 13.8 Å². The number of aliphatic hydroxyl groups excluding tert-OH is 2. The van der Waals surface area contributed by atoms with Crippen LogP contribution in [0.5, 0.6) is 0 Å². The van der Waals surface area contributed by atoms with E-state index in [1.54, 1.807) is 48.4 Å². The lowest BCUT2D eigenvalue weighted by atomic mass is 9.88. The number of nitrogens with zero attached hydrogens (tertiary/aromatic N) is 7. The second kappa shape index (κ2) is 12.2. The van der Waals surface area contributed by atoms with Crippen molar-refractivity contribution in [2.24, 2.45) is 12.5 Å². The summed E-state index contributed by atoms with van der Waals surface area (Å²) in [4.78, 5) is 41.2. The monoisotopic (exact) mass is 678 g/mol. The summed E-state index contributed by atoms with van der Waals surface area (Å²) in [6.45, 7) is 10.4. The van der Waals surface area contributed by atoms with Crippen molar-refractivity contribution in [2.75, 3.05) is 43.1 Å². The van der Waals surface area contributed by atoms with Gasteiger partial charge in [0.25, 0.3) is 11.1 Å². The lowest BCUT2D eigenvalue weighted by Gasteiger charge is -2.46. The number of aromatic nitrogens is 5. The van der Waals surface area contributed by atoms with Gasteiger partial charge in [0.05, 0.1) is 49.5 Å². The number of piperazine rings is 1. The molecule has 0 aromatic carbocycles. The Kier molecular flexibility index (Phi) is 7.90. The maximum atomic E-state index is 13.8. The Labute approximate surface area is 289 Å². The molecular formula is C37H42N8O5. The third kappa shape index (κ3) is 5.32. The fourth-order valence-electron chi connectivity index (χ4n) is 7.78. The van der Waals surface area contributed by atoms with Gasteiger partial charge in [-0.15, -0.1) is 0 Å². The second-order valence-corrected chi connectivity index (χ2v) is 14.5. The number of hydrogen-bond acceptors (Lipinski definition) is 10. The van der Waals surface area contributed by atoms with Crippen molar-refractivity contribution in [3.63, 3.8) is 0 Å². The van der Waals surface area contributed by atoms with Crippen LogP contribution in [-0.4, -0.2) is 83.5 Å². The van der Waals surface area contributed by atoms with Crippen LogP contribution in [-0.2, 0) is 24.8 Å². The summed E-state index contributed by atoms with van der Waals surface area (Å²) in [7, 11) is 1.67. The van der Waals surface area contributed by atoms with Crippen molar-refractivity contribution >= 4 is 22.7 Å². The third-order valence-electron chi connectivity index (χ3n) is 10.7. The minimum Gasteiger partial charge on any atom is -0.392 e. The maximum Gasteiger partial charge on any atom is 0.280 e. The highest BCUT2D eigenvalue weighted by molar-refractivity contribution is 5.73. The van der Waals surface area contributed by atoms with E-state index < -0.39 is 12.7 Å². The first kappa shape index (κ1) is 32.4. The van der Waals surface area contributed by atoms with Crippen molar-refractivity contribution in [1.82, 2.24) is 28.4 Å². The summed E-state index contributed by atoms with van der Waals surface area (Å²) in [6.07, 6.45) is 8.47. The van der Waals surface area contributed by atoms with Crippen LogP contribution in [0.4, 0.5) is 17.2 Å². The number of aryl methyl sites for hydroxylation is 1. The number of anilines is 3. The Morgan fingerprint density at radius 1 is 1.06 bits per heavy atom. The third-order valence-corrected chi connectivity index (χ3v) is 10.7. The summed E-state index contributed by atoms with van der Waals surface area (Å²) in [5, 5.41) is 24.8. The molecule has 0 spiro atoms. The highest BCUT2D eigenvalue weighted by Crippen LogP contribution is 2.46. The summed E-state index contributed by atoms with van der Waals surface area (Å²) in [5.41, 5.74) is 4.31. The molecule has 1 aliphatic carbocycles.